The average molecular weight is 684 g/mol. The Kier molecular flexibility index (Phi) is 6.40. The van der Waals surface area contributed by atoms with E-state index in [-0.39, 0.29) is 5.82 Å². The van der Waals surface area contributed by atoms with Crippen molar-refractivity contribution in [1.82, 2.24) is 9.13 Å². The van der Waals surface area contributed by atoms with E-state index < -0.39 is 0 Å². The van der Waals surface area contributed by atoms with Crippen molar-refractivity contribution in [3.8, 4) is 11.4 Å². The largest absolute Gasteiger partial charge is 0.455 e. The predicted octanol–water partition coefficient (Wildman–Crippen LogP) is 13.4. The Balaban J connectivity index is 1.04. The molecule has 11 aromatic rings. The van der Waals surface area contributed by atoms with Gasteiger partial charge in [-0.05, 0) is 109 Å². The molecule has 53 heavy (non-hydrogen) atoms. The number of furan rings is 1. The maximum Gasteiger partial charge on any atom is 0.145 e. The molecule has 0 bridgehead atoms. The van der Waals surface area contributed by atoms with Gasteiger partial charge in [-0.1, -0.05) is 72.8 Å². The summed E-state index contributed by atoms with van der Waals surface area (Å²) in [5, 5.41) is 6.94. The minimum atomic E-state index is -0.268. The molecule has 0 saturated carbocycles. The molecule has 0 fully saturated rings. The van der Waals surface area contributed by atoms with Crippen LogP contribution in [0.5, 0.6) is 0 Å². The summed E-state index contributed by atoms with van der Waals surface area (Å²) in [6.45, 7) is 0. The maximum absolute atomic E-state index is 14.2. The molecule has 0 radical (unpaired) electrons. The predicted molar refractivity (Wildman–Crippen MR) is 217 cm³/mol. The number of nitrogens with zero attached hydrogens (tertiary/aromatic N) is 3. The number of anilines is 3. The molecule has 0 N–H and O–H groups in total. The van der Waals surface area contributed by atoms with Crippen LogP contribution in [0.15, 0.2) is 186 Å². The van der Waals surface area contributed by atoms with Crippen LogP contribution in [0.2, 0.25) is 0 Å². The van der Waals surface area contributed by atoms with Crippen LogP contribution in [0.3, 0.4) is 0 Å². The zero-order chi connectivity index (χ0) is 35.0. The first-order valence-corrected chi connectivity index (χ1v) is 17.8. The molecule has 0 unspecified atom stereocenters. The van der Waals surface area contributed by atoms with E-state index in [1.807, 2.05) is 24.3 Å². The van der Waals surface area contributed by atoms with Crippen molar-refractivity contribution in [2.45, 2.75) is 0 Å². The third-order valence-electron chi connectivity index (χ3n) is 10.6. The van der Waals surface area contributed by atoms with Crippen molar-refractivity contribution in [2.24, 2.45) is 0 Å². The third-order valence-corrected chi connectivity index (χ3v) is 10.6. The van der Waals surface area contributed by atoms with Crippen LogP contribution in [0, 0.1) is 5.82 Å². The molecule has 3 aromatic heterocycles. The highest BCUT2D eigenvalue weighted by Gasteiger charge is 2.20. The van der Waals surface area contributed by atoms with Crippen LogP contribution in [-0.2, 0) is 0 Å². The molecule has 4 nitrogen and oxygen atoms in total. The van der Waals surface area contributed by atoms with Gasteiger partial charge in [0.25, 0.3) is 0 Å². The second-order valence-electron chi connectivity index (χ2n) is 13.5. The van der Waals surface area contributed by atoms with Crippen molar-refractivity contribution >= 4 is 82.6 Å². The van der Waals surface area contributed by atoms with E-state index in [0.717, 1.165) is 72.2 Å². The highest BCUT2D eigenvalue weighted by Crippen LogP contribution is 2.42. The standard InChI is InChI=1S/C48H30FN3O/c49-31-17-19-32(20-18-31)50(33-21-25-35(26-22-33)51-42-13-5-1-9-37(42)38-10-2-6-14-43(38)51)34-23-27-36(28-24-34)52-44-15-7-3-12-41(44)47-45(52)30-29-40-39-11-4-8-16-46(39)53-48(40)47/h1-30H. The van der Waals surface area contributed by atoms with Crippen LogP contribution in [0.1, 0.15) is 0 Å². The molecule has 0 saturated heterocycles. The lowest BCUT2D eigenvalue weighted by Gasteiger charge is -2.26. The molecule has 0 amide bonds. The van der Waals surface area contributed by atoms with E-state index in [4.69, 9.17) is 4.42 Å². The van der Waals surface area contributed by atoms with Gasteiger partial charge < -0.3 is 18.5 Å². The number of rotatable bonds is 5. The normalized spacial score (nSPS) is 11.9. The van der Waals surface area contributed by atoms with Crippen molar-refractivity contribution in [3.63, 3.8) is 0 Å². The number of halogens is 1. The monoisotopic (exact) mass is 683 g/mol. The first-order valence-electron chi connectivity index (χ1n) is 17.8. The molecule has 8 aromatic carbocycles. The minimum absolute atomic E-state index is 0.268. The number of hydrogen-bond acceptors (Lipinski definition) is 2. The average Bonchev–Trinajstić information content (AvgIpc) is 3.87. The lowest BCUT2D eigenvalue weighted by Crippen LogP contribution is -2.10. The molecule has 5 heteroatoms. The summed E-state index contributed by atoms with van der Waals surface area (Å²) in [6.07, 6.45) is 0. The molecule has 11 rings (SSSR count). The fourth-order valence-corrected chi connectivity index (χ4v) is 8.25. The lowest BCUT2D eigenvalue weighted by molar-refractivity contribution is 0.628. The fourth-order valence-electron chi connectivity index (χ4n) is 8.25. The molecule has 0 aliphatic carbocycles. The Bertz CT molecular complexity index is 3120. The highest BCUT2D eigenvalue weighted by molar-refractivity contribution is 6.23. The molecule has 3 heterocycles. The Hall–Kier alpha value is -7.11. The highest BCUT2D eigenvalue weighted by atomic mass is 19.1. The van der Waals surface area contributed by atoms with Gasteiger partial charge in [-0.2, -0.15) is 0 Å². The van der Waals surface area contributed by atoms with E-state index in [1.54, 1.807) is 0 Å². The van der Waals surface area contributed by atoms with Crippen molar-refractivity contribution in [2.75, 3.05) is 4.90 Å². The van der Waals surface area contributed by atoms with Crippen molar-refractivity contribution < 1.29 is 8.81 Å². The Morgan fingerprint density at radius 2 is 0.830 bits per heavy atom. The maximum atomic E-state index is 14.2. The van der Waals surface area contributed by atoms with E-state index in [9.17, 15) is 4.39 Å². The molecular weight excluding hydrogens is 654 g/mol. The summed E-state index contributed by atoms with van der Waals surface area (Å²) in [4.78, 5) is 2.17. The minimum Gasteiger partial charge on any atom is -0.455 e. The molecule has 0 spiro atoms. The smallest absolute Gasteiger partial charge is 0.145 e. The van der Waals surface area contributed by atoms with E-state index in [1.165, 1.54) is 33.9 Å². The summed E-state index contributed by atoms with van der Waals surface area (Å²) in [5.74, 6) is -0.268. The summed E-state index contributed by atoms with van der Waals surface area (Å²) < 4.78 is 25.3. The molecule has 0 atom stereocenters. The van der Waals surface area contributed by atoms with Gasteiger partial charge in [-0.25, -0.2) is 4.39 Å². The Labute approximate surface area is 303 Å². The van der Waals surface area contributed by atoms with Crippen molar-refractivity contribution in [1.29, 1.82) is 0 Å². The quantitative estimate of drug-likeness (QED) is 0.180. The first kappa shape index (κ1) is 29.6. The summed E-state index contributed by atoms with van der Waals surface area (Å²) in [7, 11) is 0. The van der Waals surface area contributed by atoms with Gasteiger partial charge in [-0.15, -0.1) is 0 Å². The van der Waals surface area contributed by atoms with Gasteiger partial charge in [-0.3, -0.25) is 0 Å². The van der Waals surface area contributed by atoms with Gasteiger partial charge in [0.05, 0.1) is 27.5 Å². The second-order valence-corrected chi connectivity index (χ2v) is 13.5. The number of hydrogen-bond donors (Lipinski definition) is 0. The molecular formula is C48H30FN3O. The molecule has 250 valence electrons. The van der Waals surface area contributed by atoms with Crippen LogP contribution in [-0.4, -0.2) is 9.13 Å². The zero-order valence-electron chi connectivity index (χ0n) is 28.4. The van der Waals surface area contributed by atoms with E-state index in [2.05, 4.69) is 160 Å². The summed E-state index contributed by atoms with van der Waals surface area (Å²) >= 11 is 0. The Morgan fingerprint density at radius 3 is 1.42 bits per heavy atom. The second kappa shape index (κ2) is 11.5. The Morgan fingerprint density at radius 1 is 0.377 bits per heavy atom. The fraction of sp³-hybridized carbons (Fsp3) is 0. The molecule has 0 aliphatic rings. The topological polar surface area (TPSA) is 26.2 Å². The van der Waals surface area contributed by atoms with Crippen LogP contribution in [0.4, 0.5) is 21.5 Å². The summed E-state index contributed by atoms with van der Waals surface area (Å²) in [6, 6.07) is 62.1. The lowest BCUT2D eigenvalue weighted by atomic mass is 10.1. The van der Waals surface area contributed by atoms with E-state index >= 15 is 0 Å². The number of fused-ring (bicyclic) bond motifs is 10. The SMILES string of the molecule is Fc1ccc(N(c2ccc(-n3c4ccccc4c4ccccc43)cc2)c2ccc(-n3c4ccccc4c4c5oc6ccccc6c5ccc43)cc2)cc1. The van der Waals surface area contributed by atoms with Gasteiger partial charge in [0.15, 0.2) is 0 Å². The first-order chi connectivity index (χ1) is 26.2. The van der Waals surface area contributed by atoms with Gasteiger partial charge in [0.2, 0.25) is 0 Å². The number of para-hydroxylation sites is 4. The van der Waals surface area contributed by atoms with Crippen LogP contribution in [0.25, 0.3) is 76.9 Å². The van der Waals surface area contributed by atoms with E-state index in [0.29, 0.717) is 0 Å². The molecule has 0 aliphatic heterocycles. The van der Waals surface area contributed by atoms with Gasteiger partial charge in [0, 0.05) is 55.4 Å². The zero-order valence-corrected chi connectivity index (χ0v) is 28.4. The number of aromatic nitrogens is 2. The number of benzene rings is 8. The van der Waals surface area contributed by atoms with Crippen LogP contribution >= 0.6 is 0 Å². The van der Waals surface area contributed by atoms with Gasteiger partial charge >= 0.3 is 0 Å². The summed E-state index contributed by atoms with van der Waals surface area (Å²) in [5.41, 5.74) is 11.2. The van der Waals surface area contributed by atoms with Gasteiger partial charge in [0.1, 0.15) is 17.0 Å². The third kappa shape index (κ3) is 4.47. The van der Waals surface area contributed by atoms with Crippen LogP contribution < -0.4 is 4.90 Å². The van der Waals surface area contributed by atoms with Crippen molar-refractivity contribution in [3.05, 3.63) is 188 Å².